The second kappa shape index (κ2) is 11.3. The van der Waals surface area contributed by atoms with Crippen molar-refractivity contribution in [2.75, 3.05) is 17.7 Å². The van der Waals surface area contributed by atoms with Gasteiger partial charge < -0.3 is 10.6 Å². The van der Waals surface area contributed by atoms with Crippen LogP contribution in [0.5, 0.6) is 0 Å². The predicted molar refractivity (Wildman–Crippen MR) is 132 cm³/mol. The highest BCUT2D eigenvalue weighted by Gasteiger charge is 2.12. The van der Waals surface area contributed by atoms with Gasteiger partial charge in [-0.25, -0.2) is 9.97 Å². The van der Waals surface area contributed by atoms with Crippen molar-refractivity contribution in [3.8, 4) is 0 Å². The zero-order valence-electron chi connectivity index (χ0n) is 19.1. The molecular weight excluding hydrogens is 414 g/mol. The van der Waals surface area contributed by atoms with Gasteiger partial charge in [0.2, 0.25) is 0 Å². The van der Waals surface area contributed by atoms with Gasteiger partial charge in [-0.1, -0.05) is 42.0 Å². The second-order valence-electron chi connectivity index (χ2n) is 7.34. The lowest BCUT2D eigenvalue weighted by Gasteiger charge is -2.13. The van der Waals surface area contributed by atoms with Gasteiger partial charge in [0.15, 0.2) is 0 Å². The van der Waals surface area contributed by atoms with Crippen LogP contribution in [0.4, 0.5) is 17.3 Å². The van der Waals surface area contributed by atoms with E-state index < -0.39 is 0 Å². The average molecular weight is 442 g/mol. The van der Waals surface area contributed by atoms with Crippen LogP contribution in [0.3, 0.4) is 0 Å². The Morgan fingerprint density at radius 3 is 2.45 bits per heavy atom. The monoisotopic (exact) mass is 441 g/mol. The van der Waals surface area contributed by atoms with Crippen LogP contribution in [0.2, 0.25) is 0 Å². The van der Waals surface area contributed by atoms with Crippen LogP contribution in [0.15, 0.2) is 72.1 Å². The van der Waals surface area contributed by atoms with Gasteiger partial charge in [-0.15, -0.1) is 0 Å². The molecule has 33 heavy (non-hydrogen) atoms. The van der Waals surface area contributed by atoms with Crippen molar-refractivity contribution >= 4 is 29.4 Å². The van der Waals surface area contributed by atoms with Crippen LogP contribution in [0.25, 0.3) is 0 Å². The van der Waals surface area contributed by atoms with Gasteiger partial charge in [-0.05, 0) is 38.5 Å². The number of aromatic amines is 1. The number of carbonyl (C=O) groups is 1. The molecule has 0 atom stereocenters. The molecule has 0 aliphatic carbocycles. The van der Waals surface area contributed by atoms with Crippen molar-refractivity contribution in [3.63, 3.8) is 0 Å². The summed E-state index contributed by atoms with van der Waals surface area (Å²) in [5, 5.41) is 12.6. The van der Waals surface area contributed by atoms with Gasteiger partial charge in [0.25, 0.3) is 5.91 Å². The molecule has 2 aromatic heterocycles. The fourth-order valence-electron chi connectivity index (χ4n) is 2.95. The van der Waals surface area contributed by atoms with Crippen molar-refractivity contribution in [2.24, 2.45) is 4.99 Å². The summed E-state index contributed by atoms with van der Waals surface area (Å²) in [7, 11) is 1.70. The summed E-state index contributed by atoms with van der Waals surface area (Å²) >= 11 is 0. The zero-order valence-corrected chi connectivity index (χ0v) is 19.1. The maximum atomic E-state index is 12.4. The Morgan fingerprint density at radius 2 is 1.82 bits per heavy atom. The first-order chi connectivity index (χ1) is 16.0. The van der Waals surface area contributed by atoms with E-state index in [9.17, 15) is 4.79 Å². The highest BCUT2D eigenvalue weighted by Crippen LogP contribution is 2.23. The van der Waals surface area contributed by atoms with Crippen molar-refractivity contribution in [1.82, 2.24) is 20.2 Å². The molecule has 8 heteroatoms. The Kier molecular flexibility index (Phi) is 8.02. The molecule has 0 aliphatic rings. The maximum Gasteiger partial charge on any atom is 0.256 e. The van der Waals surface area contributed by atoms with Gasteiger partial charge in [0, 0.05) is 30.6 Å². The van der Waals surface area contributed by atoms with Crippen molar-refractivity contribution in [1.29, 1.82) is 0 Å². The number of hydrogen-bond donors (Lipinski definition) is 3. The molecule has 0 aliphatic heterocycles. The number of hydrogen-bond acceptors (Lipinski definition) is 6. The van der Waals surface area contributed by atoms with Crippen LogP contribution < -0.4 is 10.6 Å². The number of carbonyl (C=O) groups excluding carboxylic acids is 1. The van der Waals surface area contributed by atoms with E-state index in [0.29, 0.717) is 17.2 Å². The summed E-state index contributed by atoms with van der Waals surface area (Å²) in [6, 6.07) is 17.4. The minimum Gasteiger partial charge on any atom is -0.339 e. The predicted octanol–water partition coefficient (Wildman–Crippen LogP) is 4.86. The minimum absolute atomic E-state index is 0.230. The molecule has 2 aromatic carbocycles. The largest absolute Gasteiger partial charge is 0.339 e. The lowest BCUT2D eigenvalue weighted by Crippen LogP contribution is -2.13. The van der Waals surface area contributed by atoms with E-state index in [1.165, 1.54) is 11.9 Å². The number of anilines is 3. The van der Waals surface area contributed by atoms with E-state index >= 15 is 0 Å². The van der Waals surface area contributed by atoms with Crippen LogP contribution in [-0.4, -0.2) is 39.3 Å². The van der Waals surface area contributed by atoms with Gasteiger partial charge in [-0.3, -0.25) is 14.9 Å². The van der Waals surface area contributed by atoms with Crippen LogP contribution >= 0.6 is 0 Å². The number of aromatic nitrogens is 4. The Hall–Kier alpha value is -4.33. The number of H-pyrrole nitrogens is 1. The SMILES string of the molecule is CN=Cc1c(C)ncnc1Nc1cc(C(=O)Nc2ccn[nH]2)ccc1C.Cc1ccccc1. The summed E-state index contributed by atoms with van der Waals surface area (Å²) < 4.78 is 0. The summed E-state index contributed by atoms with van der Waals surface area (Å²) in [4.78, 5) is 25.0. The number of nitrogens with one attached hydrogen (secondary N) is 3. The van der Waals surface area contributed by atoms with Crippen LogP contribution in [-0.2, 0) is 0 Å². The van der Waals surface area contributed by atoms with E-state index in [1.807, 2.05) is 38.1 Å². The molecule has 2 heterocycles. The molecule has 3 N–H and O–H groups in total. The normalized spacial score (nSPS) is 10.4. The van der Waals surface area contributed by atoms with Gasteiger partial charge in [-0.2, -0.15) is 5.10 Å². The number of aliphatic imine (C=N–C) groups is 1. The van der Waals surface area contributed by atoms with Gasteiger partial charge in [0.1, 0.15) is 18.0 Å². The van der Waals surface area contributed by atoms with Crippen LogP contribution in [0, 0.1) is 20.8 Å². The highest BCUT2D eigenvalue weighted by atomic mass is 16.1. The first kappa shape index (κ1) is 23.3. The summed E-state index contributed by atoms with van der Waals surface area (Å²) in [5.41, 5.74) is 5.23. The van der Waals surface area contributed by atoms with E-state index in [1.54, 1.807) is 37.7 Å². The number of benzene rings is 2. The first-order valence-corrected chi connectivity index (χ1v) is 10.4. The quantitative estimate of drug-likeness (QED) is 0.384. The topological polar surface area (TPSA) is 108 Å². The summed E-state index contributed by atoms with van der Waals surface area (Å²) in [6.45, 7) is 5.94. The molecule has 0 unspecified atom stereocenters. The van der Waals surface area contributed by atoms with Crippen molar-refractivity contribution in [3.05, 3.63) is 95.1 Å². The first-order valence-electron chi connectivity index (χ1n) is 10.4. The lowest BCUT2D eigenvalue weighted by molar-refractivity contribution is 0.102. The molecule has 0 fully saturated rings. The average Bonchev–Trinajstić information content (AvgIpc) is 3.31. The Morgan fingerprint density at radius 1 is 1.03 bits per heavy atom. The van der Waals surface area contributed by atoms with E-state index in [-0.39, 0.29) is 5.91 Å². The number of amides is 1. The number of aryl methyl sites for hydroxylation is 3. The van der Waals surface area contributed by atoms with E-state index in [2.05, 4.69) is 54.8 Å². The van der Waals surface area contributed by atoms with E-state index in [0.717, 1.165) is 22.5 Å². The molecule has 0 spiro atoms. The Labute approximate surface area is 193 Å². The van der Waals surface area contributed by atoms with Crippen molar-refractivity contribution < 1.29 is 4.79 Å². The standard InChI is InChI=1S/C18H19N7O.C7H8/c1-11-4-5-13(18(26)24-16-6-7-22-25-16)8-15(11)23-17-14(9-19-3)12(2)20-10-21-17;1-7-5-3-2-4-6-7/h4-10H,1-3H3,(H,20,21,23)(H2,22,24,25,26);2-6H,1H3. The molecular formula is C25H27N7O. The zero-order chi connectivity index (χ0) is 23.6. The maximum absolute atomic E-state index is 12.4. The van der Waals surface area contributed by atoms with Crippen LogP contribution in [0.1, 0.15) is 32.7 Å². The smallest absolute Gasteiger partial charge is 0.256 e. The highest BCUT2D eigenvalue weighted by molar-refractivity contribution is 6.04. The van der Waals surface area contributed by atoms with Gasteiger partial charge in [0.05, 0.1) is 17.5 Å². The Balaban J connectivity index is 0.000000374. The number of rotatable bonds is 5. The third kappa shape index (κ3) is 6.57. The molecule has 4 rings (SSSR count). The third-order valence-corrected chi connectivity index (χ3v) is 4.78. The molecule has 8 nitrogen and oxygen atoms in total. The summed E-state index contributed by atoms with van der Waals surface area (Å²) in [5.74, 6) is 0.946. The summed E-state index contributed by atoms with van der Waals surface area (Å²) in [6.07, 6.45) is 4.78. The molecule has 0 saturated heterocycles. The molecule has 0 bridgehead atoms. The minimum atomic E-state index is -0.230. The fourth-order valence-corrected chi connectivity index (χ4v) is 2.95. The number of nitrogens with zero attached hydrogens (tertiary/aromatic N) is 4. The molecule has 1 amide bonds. The van der Waals surface area contributed by atoms with E-state index in [4.69, 9.17) is 0 Å². The van der Waals surface area contributed by atoms with Crippen molar-refractivity contribution in [2.45, 2.75) is 20.8 Å². The molecule has 4 aromatic rings. The lowest BCUT2D eigenvalue weighted by atomic mass is 10.1. The molecule has 0 saturated carbocycles. The van der Waals surface area contributed by atoms with Gasteiger partial charge >= 0.3 is 0 Å². The second-order valence-corrected chi connectivity index (χ2v) is 7.34. The molecule has 0 radical (unpaired) electrons. The fraction of sp³-hybridized carbons (Fsp3) is 0.160. The third-order valence-electron chi connectivity index (χ3n) is 4.78. The molecule has 168 valence electrons. The Bertz CT molecular complexity index is 1220.